The van der Waals surface area contributed by atoms with Crippen LogP contribution in [0.2, 0.25) is 5.02 Å². The van der Waals surface area contributed by atoms with Gasteiger partial charge in [-0.1, -0.05) is 11.6 Å². The summed E-state index contributed by atoms with van der Waals surface area (Å²) in [5.74, 6) is 5.05. The average Bonchev–Trinajstić information content (AvgIpc) is 2.26. The van der Waals surface area contributed by atoms with Crippen molar-refractivity contribution in [1.82, 2.24) is 0 Å². The molecule has 0 saturated carbocycles. The van der Waals surface area contributed by atoms with E-state index in [1.165, 1.54) is 0 Å². The second-order valence-electron chi connectivity index (χ2n) is 2.73. The van der Waals surface area contributed by atoms with Crippen LogP contribution in [-0.2, 0) is 0 Å². The summed E-state index contributed by atoms with van der Waals surface area (Å²) in [7, 11) is 0. The van der Waals surface area contributed by atoms with E-state index in [1.807, 2.05) is 0 Å². The Morgan fingerprint density at radius 2 is 1.76 bits per heavy atom. The Labute approximate surface area is 97.8 Å². The van der Waals surface area contributed by atoms with Crippen LogP contribution in [0.25, 0.3) is 0 Å². The highest BCUT2D eigenvalue weighted by Gasteiger charge is 2.26. The minimum Gasteiger partial charge on any atom is -0.258 e. The predicted octanol–water partition coefficient (Wildman–Crippen LogP) is 1.52. The summed E-state index contributed by atoms with van der Waals surface area (Å²) >= 11 is 5.51. The molecule has 0 spiro atoms. The van der Waals surface area contributed by atoms with E-state index in [2.05, 4.69) is 5.29 Å². The number of nitro groups is 2. The first-order valence-electron chi connectivity index (χ1n) is 3.89. The first-order valence-corrected chi connectivity index (χ1v) is 4.26. The van der Waals surface area contributed by atoms with Gasteiger partial charge in [-0.3, -0.25) is 20.2 Å². The number of halogens is 1. The molecule has 0 aromatic heterocycles. The third-order valence-electron chi connectivity index (χ3n) is 1.77. The van der Waals surface area contributed by atoms with Crippen LogP contribution in [0.4, 0.5) is 17.1 Å². The maximum atomic E-state index is 10.6. The van der Waals surface area contributed by atoms with Crippen molar-refractivity contribution in [3.05, 3.63) is 42.3 Å². The number of nitrogens with zero attached hydrogens (tertiary/aromatic N) is 4. The van der Waals surface area contributed by atoms with E-state index in [0.29, 0.717) is 6.07 Å². The van der Waals surface area contributed by atoms with Gasteiger partial charge in [0.05, 0.1) is 21.2 Å². The molecule has 0 aliphatic heterocycles. The highest BCUT2D eigenvalue weighted by Crippen LogP contribution is 2.36. The maximum Gasteiger partial charge on any atom is 0.303 e. The molecule has 0 bridgehead atoms. The molecule has 17 heavy (non-hydrogen) atoms. The Morgan fingerprint density at radius 3 is 2.18 bits per heavy atom. The van der Waals surface area contributed by atoms with Gasteiger partial charge in [-0.05, 0) is 6.07 Å². The summed E-state index contributed by atoms with van der Waals surface area (Å²) in [6.07, 6.45) is 0. The van der Waals surface area contributed by atoms with Crippen molar-refractivity contribution in [3.63, 3.8) is 0 Å². The number of anilines is 1. The van der Waals surface area contributed by atoms with Gasteiger partial charge >= 0.3 is 5.69 Å². The van der Waals surface area contributed by atoms with E-state index in [-0.39, 0.29) is 5.12 Å². The standard InChI is InChI=1S/C6H4ClN5O5/c7-3-1-5(10(8)9-13)6(12(16)17)2-4(3)11(14)15/h1-2H,8H2. The van der Waals surface area contributed by atoms with Gasteiger partial charge in [-0.2, -0.15) is 5.12 Å². The summed E-state index contributed by atoms with van der Waals surface area (Å²) in [5.41, 5.74) is -1.86. The van der Waals surface area contributed by atoms with Crippen molar-refractivity contribution in [1.29, 1.82) is 0 Å². The highest BCUT2D eigenvalue weighted by molar-refractivity contribution is 6.33. The Bertz CT molecular complexity index is 506. The molecule has 11 heteroatoms. The molecule has 1 aromatic rings. The molecule has 2 N–H and O–H groups in total. The molecule has 1 aromatic carbocycles. The lowest BCUT2D eigenvalue weighted by Gasteiger charge is -2.08. The Kier molecular flexibility index (Phi) is 3.50. The van der Waals surface area contributed by atoms with Crippen molar-refractivity contribution < 1.29 is 9.85 Å². The van der Waals surface area contributed by atoms with E-state index >= 15 is 0 Å². The molecule has 1 rings (SSSR count). The molecule has 90 valence electrons. The average molecular weight is 262 g/mol. The number of nitroso groups, excluding NO2 is 1. The van der Waals surface area contributed by atoms with Crippen molar-refractivity contribution in [2.24, 2.45) is 11.1 Å². The molecular weight excluding hydrogens is 258 g/mol. The third-order valence-corrected chi connectivity index (χ3v) is 2.07. The first-order chi connectivity index (χ1) is 7.88. The maximum absolute atomic E-state index is 10.6. The lowest BCUT2D eigenvalue weighted by molar-refractivity contribution is -0.393. The molecule has 0 heterocycles. The van der Waals surface area contributed by atoms with Gasteiger partial charge in [0.1, 0.15) is 5.02 Å². The van der Waals surface area contributed by atoms with Gasteiger partial charge in [0.15, 0.2) is 5.69 Å². The smallest absolute Gasteiger partial charge is 0.258 e. The number of benzene rings is 1. The van der Waals surface area contributed by atoms with Crippen molar-refractivity contribution in [2.45, 2.75) is 0 Å². The topological polar surface area (TPSA) is 145 Å². The van der Waals surface area contributed by atoms with E-state index < -0.39 is 31.9 Å². The second kappa shape index (κ2) is 4.67. The van der Waals surface area contributed by atoms with Crippen LogP contribution in [0.5, 0.6) is 0 Å². The number of hydrogen-bond donors (Lipinski definition) is 1. The lowest BCUT2D eigenvalue weighted by Crippen LogP contribution is -2.24. The van der Waals surface area contributed by atoms with Crippen LogP contribution < -0.4 is 11.0 Å². The summed E-state index contributed by atoms with van der Waals surface area (Å²) in [4.78, 5) is 29.5. The summed E-state index contributed by atoms with van der Waals surface area (Å²) in [5, 5.41) is 23.2. The minimum absolute atomic E-state index is 0.160. The molecule has 0 atom stereocenters. The van der Waals surface area contributed by atoms with Crippen molar-refractivity contribution >= 4 is 28.7 Å². The minimum atomic E-state index is -0.941. The fourth-order valence-electron chi connectivity index (χ4n) is 1.05. The fourth-order valence-corrected chi connectivity index (χ4v) is 1.28. The van der Waals surface area contributed by atoms with E-state index in [9.17, 15) is 25.1 Å². The van der Waals surface area contributed by atoms with Crippen LogP contribution >= 0.6 is 11.6 Å². The van der Waals surface area contributed by atoms with E-state index in [1.54, 1.807) is 0 Å². The summed E-state index contributed by atoms with van der Waals surface area (Å²) in [6, 6.07) is 1.42. The number of hydrazine groups is 1. The Morgan fingerprint density at radius 1 is 1.24 bits per heavy atom. The third kappa shape index (κ3) is 2.43. The van der Waals surface area contributed by atoms with Gasteiger partial charge in [-0.15, -0.1) is 4.91 Å². The lowest BCUT2D eigenvalue weighted by atomic mass is 10.2. The van der Waals surface area contributed by atoms with Crippen LogP contribution in [-0.4, -0.2) is 9.85 Å². The largest absolute Gasteiger partial charge is 0.303 e. The zero-order chi connectivity index (χ0) is 13.2. The van der Waals surface area contributed by atoms with Crippen LogP contribution in [0, 0.1) is 25.1 Å². The fraction of sp³-hybridized carbons (Fsp3) is 0. The monoisotopic (exact) mass is 261 g/mol. The first kappa shape index (κ1) is 12.7. The molecule has 10 nitrogen and oxygen atoms in total. The van der Waals surface area contributed by atoms with Crippen molar-refractivity contribution in [3.8, 4) is 0 Å². The van der Waals surface area contributed by atoms with Gasteiger partial charge < -0.3 is 0 Å². The van der Waals surface area contributed by atoms with Gasteiger partial charge in [0, 0.05) is 0 Å². The molecule has 0 unspecified atom stereocenters. The molecule has 0 fully saturated rings. The normalized spacial score (nSPS) is 9.76. The molecular formula is C6H4ClN5O5. The highest BCUT2D eigenvalue weighted by atomic mass is 35.5. The van der Waals surface area contributed by atoms with Gasteiger partial charge in [-0.25, -0.2) is 5.84 Å². The number of rotatable bonds is 4. The SMILES string of the molecule is NN(N=O)c1cc(Cl)c([N+](=O)[O-])cc1[N+](=O)[O-]. The summed E-state index contributed by atoms with van der Waals surface area (Å²) in [6.45, 7) is 0. The van der Waals surface area contributed by atoms with Crippen molar-refractivity contribution in [2.75, 3.05) is 5.12 Å². The Hall–Kier alpha value is -2.33. The van der Waals surface area contributed by atoms with Gasteiger partial charge in [0.2, 0.25) is 0 Å². The molecule has 0 radical (unpaired) electrons. The Balaban J connectivity index is 3.51. The second-order valence-corrected chi connectivity index (χ2v) is 3.14. The molecule has 0 amide bonds. The number of nitro benzene ring substituents is 2. The molecule has 0 saturated heterocycles. The number of hydrogen-bond acceptors (Lipinski definition) is 7. The summed E-state index contributed by atoms with van der Waals surface area (Å²) < 4.78 is 0. The van der Waals surface area contributed by atoms with E-state index in [0.717, 1.165) is 6.07 Å². The zero-order valence-corrected chi connectivity index (χ0v) is 8.70. The van der Waals surface area contributed by atoms with Gasteiger partial charge in [0.25, 0.3) is 5.69 Å². The van der Waals surface area contributed by atoms with E-state index in [4.69, 9.17) is 17.4 Å². The zero-order valence-electron chi connectivity index (χ0n) is 7.94. The van der Waals surface area contributed by atoms with Crippen LogP contribution in [0.1, 0.15) is 0 Å². The molecule has 0 aliphatic rings. The number of nitrogens with two attached hydrogens (primary N) is 1. The van der Waals surface area contributed by atoms with Crippen LogP contribution in [0.3, 0.4) is 0 Å². The molecule has 0 aliphatic carbocycles. The van der Waals surface area contributed by atoms with Crippen LogP contribution in [0.15, 0.2) is 17.4 Å². The predicted molar refractivity (Wildman–Crippen MR) is 57.2 cm³/mol. The quantitative estimate of drug-likeness (QED) is 0.374.